The van der Waals surface area contributed by atoms with E-state index in [0.29, 0.717) is 49.2 Å². The standard InChI is InChI=1S/C38H41NO5/c1-23-10-12-24(13-11-23)22-44-31-15-14-25-8-6-7-9-26(25)33(31)36-34-27(18-37(2,3)20-29(34)40)39(17-16-32(42)43)28-19-38(4,5)21-30(41)35(28)36/h6-15,36H,16-22H2,1-5H3,(H,42,43). The molecule has 0 unspecified atom stereocenters. The Hall–Kier alpha value is -4.19. The van der Waals surface area contributed by atoms with Gasteiger partial charge < -0.3 is 14.7 Å². The van der Waals surface area contributed by atoms with Crippen molar-refractivity contribution in [3.05, 3.63) is 99.9 Å². The monoisotopic (exact) mass is 591 g/mol. The van der Waals surface area contributed by atoms with E-state index in [1.165, 1.54) is 5.56 Å². The Morgan fingerprint density at radius 2 is 1.43 bits per heavy atom. The van der Waals surface area contributed by atoms with Gasteiger partial charge in [0.05, 0.1) is 6.42 Å². The zero-order valence-corrected chi connectivity index (χ0v) is 26.3. The van der Waals surface area contributed by atoms with Crippen molar-refractivity contribution in [1.82, 2.24) is 4.90 Å². The van der Waals surface area contributed by atoms with E-state index in [4.69, 9.17) is 4.74 Å². The maximum Gasteiger partial charge on any atom is 0.305 e. The van der Waals surface area contributed by atoms with Crippen LogP contribution in [0.3, 0.4) is 0 Å². The van der Waals surface area contributed by atoms with E-state index < -0.39 is 11.9 Å². The van der Waals surface area contributed by atoms with Crippen LogP contribution in [-0.2, 0) is 21.0 Å². The maximum absolute atomic E-state index is 14.3. The molecule has 228 valence electrons. The Morgan fingerprint density at radius 3 is 2.02 bits per heavy atom. The van der Waals surface area contributed by atoms with E-state index in [1.807, 2.05) is 35.2 Å². The zero-order chi connectivity index (χ0) is 31.4. The molecule has 2 aliphatic carbocycles. The molecule has 3 aliphatic rings. The van der Waals surface area contributed by atoms with Gasteiger partial charge in [0.15, 0.2) is 11.6 Å². The van der Waals surface area contributed by atoms with Crippen LogP contribution in [0.5, 0.6) is 5.75 Å². The maximum atomic E-state index is 14.3. The van der Waals surface area contributed by atoms with Gasteiger partial charge in [-0.3, -0.25) is 14.4 Å². The fourth-order valence-electron chi connectivity index (χ4n) is 7.36. The first-order valence-corrected chi connectivity index (χ1v) is 15.6. The Labute approximate surface area is 259 Å². The van der Waals surface area contributed by atoms with Crippen molar-refractivity contribution in [2.45, 2.75) is 79.2 Å². The zero-order valence-electron chi connectivity index (χ0n) is 26.3. The minimum atomic E-state index is -0.903. The number of carbonyl (C=O) groups excluding carboxylic acids is 2. The lowest BCUT2D eigenvalue weighted by molar-refractivity contribution is -0.137. The molecule has 0 saturated carbocycles. The Bertz CT molecular complexity index is 1690. The van der Waals surface area contributed by atoms with Gasteiger partial charge in [0.25, 0.3) is 0 Å². The second-order valence-corrected chi connectivity index (χ2v) is 14.3. The molecule has 0 aromatic heterocycles. The highest BCUT2D eigenvalue weighted by molar-refractivity contribution is 6.08. The highest BCUT2D eigenvalue weighted by Gasteiger charge is 2.49. The van der Waals surface area contributed by atoms with Crippen LogP contribution < -0.4 is 4.74 Å². The lowest BCUT2D eigenvalue weighted by atomic mass is 9.63. The normalized spacial score (nSPS) is 19.7. The van der Waals surface area contributed by atoms with E-state index in [0.717, 1.165) is 33.3 Å². The molecule has 3 aromatic carbocycles. The van der Waals surface area contributed by atoms with Crippen LogP contribution in [0.4, 0.5) is 0 Å². The fourth-order valence-corrected chi connectivity index (χ4v) is 7.36. The van der Waals surface area contributed by atoms with Crippen molar-refractivity contribution in [3.63, 3.8) is 0 Å². The van der Waals surface area contributed by atoms with E-state index >= 15 is 0 Å². The molecule has 6 nitrogen and oxygen atoms in total. The number of carbonyl (C=O) groups is 3. The van der Waals surface area contributed by atoms with E-state index in [9.17, 15) is 19.5 Å². The van der Waals surface area contributed by atoms with Gasteiger partial charge in [-0.1, -0.05) is 87.9 Å². The molecular formula is C38H41NO5. The molecule has 6 rings (SSSR count). The van der Waals surface area contributed by atoms with Crippen molar-refractivity contribution in [2.24, 2.45) is 10.8 Å². The van der Waals surface area contributed by atoms with Crippen molar-refractivity contribution in [3.8, 4) is 5.75 Å². The van der Waals surface area contributed by atoms with Crippen LogP contribution in [0.1, 0.15) is 82.4 Å². The van der Waals surface area contributed by atoms with Gasteiger partial charge in [-0.05, 0) is 53.0 Å². The quantitative estimate of drug-likeness (QED) is 0.301. The molecule has 1 aliphatic heterocycles. The summed E-state index contributed by atoms with van der Waals surface area (Å²) in [5, 5.41) is 11.6. The summed E-state index contributed by atoms with van der Waals surface area (Å²) in [6.07, 6.45) is 1.89. The highest BCUT2D eigenvalue weighted by atomic mass is 16.5. The van der Waals surface area contributed by atoms with Gasteiger partial charge in [0, 0.05) is 53.4 Å². The van der Waals surface area contributed by atoms with Crippen LogP contribution in [0, 0.1) is 17.8 Å². The number of ether oxygens (including phenoxy) is 1. The average Bonchev–Trinajstić information content (AvgIpc) is 2.94. The lowest BCUT2D eigenvalue weighted by Gasteiger charge is -2.49. The number of ketones is 2. The van der Waals surface area contributed by atoms with Gasteiger partial charge in [-0.2, -0.15) is 0 Å². The molecule has 6 heteroatoms. The van der Waals surface area contributed by atoms with Crippen LogP contribution in [0.15, 0.2) is 83.2 Å². The summed E-state index contributed by atoms with van der Waals surface area (Å²) in [5.41, 5.74) is 5.42. The van der Waals surface area contributed by atoms with Crippen molar-refractivity contribution < 1.29 is 24.2 Å². The summed E-state index contributed by atoms with van der Waals surface area (Å²) in [6.45, 7) is 11.0. The van der Waals surface area contributed by atoms with Gasteiger partial charge in [0.1, 0.15) is 12.4 Å². The molecular weight excluding hydrogens is 550 g/mol. The number of hydrogen-bond donors (Lipinski definition) is 1. The van der Waals surface area contributed by atoms with E-state index in [-0.39, 0.29) is 35.4 Å². The molecule has 44 heavy (non-hydrogen) atoms. The Balaban J connectivity index is 1.61. The summed E-state index contributed by atoms with van der Waals surface area (Å²) < 4.78 is 6.58. The SMILES string of the molecule is Cc1ccc(COc2ccc3ccccc3c2C2C3=C(CC(C)(C)CC3=O)N(CCC(=O)O)C3=C2C(=O)CC(C)(C)C3)cc1. The van der Waals surface area contributed by atoms with Crippen molar-refractivity contribution >= 4 is 28.3 Å². The highest BCUT2D eigenvalue weighted by Crippen LogP contribution is 2.56. The second kappa shape index (κ2) is 11.1. The van der Waals surface area contributed by atoms with E-state index in [1.54, 1.807) is 0 Å². The lowest BCUT2D eigenvalue weighted by Crippen LogP contribution is -2.45. The third kappa shape index (κ3) is 5.58. The number of carboxylic acid groups (broad SMARTS) is 1. The third-order valence-electron chi connectivity index (χ3n) is 9.31. The average molecular weight is 592 g/mol. The predicted molar refractivity (Wildman–Crippen MR) is 171 cm³/mol. The smallest absolute Gasteiger partial charge is 0.305 e. The number of allylic oxidation sites excluding steroid dienone is 4. The topological polar surface area (TPSA) is 83.9 Å². The first kappa shape index (κ1) is 29.9. The van der Waals surface area contributed by atoms with Crippen LogP contribution in [0.25, 0.3) is 10.8 Å². The van der Waals surface area contributed by atoms with Gasteiger partial charge >= 0.3 is 5.97 Å². The van der Waals surface area contributed by atoms with Gasteiger partial charge in [-0.25, -0.2) is 0 Å². The van der Waals surface area contributed by atoms with Crippen LogP contribution >= 0.6 is 0 Å². The number of Topliss-reactive ketones (excluding diaryl/α,β-unsaturated/α-hetero) is 2. The fraction of sp³-hybridized carbons (Fsp3) is 0.395. The number of nitrogens with zero attached hydrogens (tertiary/aromatic N) is 1. The minimum absolute atomic E-state index is 0.0168. The van der Waals surface area contributed by atoms with Crippen LogP contribution in [-0.4, -0.2) is 34.1 Å². The molecule has 3 aromatic rings. The summed E-state index contributed by atoms with van der Waals surface area (Å²) in [7, 11) is 0. The molecule has 0 fully saturated rings. The summed E-state index contributed by atoms with van der Waals surface area (Å²) in [5.74, 6) is -0.805. The number of aryl methyl sites for hydroxylation is 1. The molecule has 1 N–H and O–H groups in total. The number of benzene rings is 3. The number of rotatable bonds is 7. The minimum Gasteiger partial charge on any atom is -0.489 e. The predicted octanol–water partition coefficient (Wildman–Crippen LogP) is 7.89. The summed E-state index contributed by atoms with van der Waals surface area (Å²) in [4.78, 5) is 42.5. The Kier molecular flexibility index (Phi) is 7.51. The van der Waals surface area contributed by atoms with E-state index in [2.05, 4.69) is 65.0 Å². The molecule has 0 radical (unpaired) electrons. The van der Waals surface area contributed by atoms with Gasteiger partial charge in [-0.15, -0.1) is 0 Å². The number of carboxylic acids is 1. The first-order valence-electron chi connectivity index (χ1n) is 15.6. The largest absolute Gasteiger partial charge is 0.489 e. The van der Waals surface area contributed by atoms with Crippen molar-refractivity contribution in [2.75, 3.05) is 6.54 Å². The number of aliphatic carboxylic acids is 1. The molecule has 0 bridgehead atoms. The first-order chi connectivity index (χ1) is 20.8. The van der Waals surface area contributed by atoms with Gasteiger partial charge in [0.2, 0.25) is 0 Å². The summed E-state index contributed by atoms with van der Waals surface area (Å²) >= 11 is 0. The Morgan fingerprint density at radius 1 is 0.841 bits per heavy atom. The molecule has 0 saturated heterocycles. The second-order valence-electron chi connectivity index (χ2n) is 14.3. The third-order valence-corrected chi connectivity index (χ3v) is 9.31. The molecule has 0 spiro atoms. The number of hydrogen-bond acceptors (Lipinski definition) is 5. The number of fused-ring (bicyclic) bond motifs is 1. The summed E-state index contributed by atoms with van der Waals surface area (Å²) in [6, 6.07) is 20.3. The molecule has 0 atom stereocenters. The molecule has 1 heterocycles. The van der Waals surface area contributed by atoms with Crippen molar-refractivity contribution in [1.29, 1.82) is 0 Å². The molecule has 0 amide bonds. The van der Waals surface area contributed by atoms with Crippen LogP contribution in [0.2, 0.25) is 0 Å².